The smallest absolute Gasteiger partial charge is 0.143 e. The minimum atomic E-state index is 0.929. The molecule has 0 aliphatic heterocycles. The highest BCUT2D eigenvalue weighted by Crippen LogP contribution is 2.44. The van der Waals surface area contributed by atoms with E-state index in [0.29, 0.717) is 0 Å². The maximum atomic E-state index is 6.88. The molecule has 1 aromatic heterocycles. The summed E-state index contributed by atoms with van der Waals surface area (Å²) < 4.78 is 6.88. The van der Waals surface area contributed by atoms with Crippen LogP contribution >= 0.6 is 0 Å². The molecule has 0 fully saturated rings. The zero-order chi connectivity index (χ0) is 49.2. The lowest BCUT2D eigenvalue weighted by Gasteiger charge is -2.33. The van der Waals surface area contributed by atoms with Gasteiger partial charge in [-0.05, 0) is 77.0 Å². The molecule has 1 nitrogen and oxygen atoms in total. The molecule has 0 bridgehead atoms. The van der Waals surface area contributed by atoms with Gasteiger partial charge in [0.05, 0.1) is 0 Å². The second-order valence-corrected chi connectivity index (χ2v) is 21.3. The molecule has 0 unspecified atom stereocenters. The quantitative estimate of drug-likeness (QED) is 0.128. The van der Waals surface area contributed by atoms with Crippen molar-refractivity contribution >= 4 is 345 Å². The third-order valence-corrected chi connectivity index (χ3v) is 18.9. The van der Waals surface area contributed by atoms with Gasteiger partial charge >= 0.3 is 0 Å². The zero-order valence-electron chi connectivity index (χ0n) is 44.9. The molecule has 0 aliphatic rings. The van der Waals surface area contributed by atoms with Crippen LogP contribution in [-0.4, -0.2) is 165 Å². The first-order valence-corrected chi connectivity index (χ1v) is 25.0. The molecule has 10 rings (SSSR count). The predicted molar refractivity (Wildman–Crippen MR) is 372 cm³/mol. The summed E-state index contributed by atoms with van der Waals surface area (Å²) in [7, 11) is 50.0. The minimum Gasteiger partial charge on any atom is -0.455 e. The van der Waals surface area contributed by atoms with Gasteiger partial charge < -0.3 is 4.42 Å². The van der Waals surface area contributed by atoms with Crippen LogP contribution < -0.4 is 115 Å². The molecule has 0 atom stereocenters. The summed E-state index contributed by atoms with van der Waals surface area (Å²) in [5.74, 6) is 0. The summed E-state index contributed by atoms with van der Waals surface area (Å²) in [4.78, 5) is 0. The molecule has 1 heterocycles. The fraction of sp³-hybridized carbons (Fsp3) is 0. The van der Waals surface area contributed by atoms with Crippen LogP contribution in [0.15, 0.2) is 46.9 Å². The summed E-state index contributed by atoms with van der Waals surface area (Å²) >= 11 is 0. The lowest BCUT2D eigenvalue weighted by Crippen LogP contribution is -2.53. The first-order chi connectivity index (χ1) is 32.1. The average molecular weight is 845 g/mol. The normalized spacial score (nSPS) is 11.9. The number of hydrogen-bond acceptors (Lipinski definition) is 1. The molecule has 0 spiro atoms. The molecule has 22 heteroatoms. The van der Waals surface area contributed by atoms with E-state index in [9.17, 15) is 0 Å². The van der Waals surface area contributed by atoms with Crippen molar-refractivity contribution in [1.29, 1.82) is 0 Å². The molecular formula is C46H49B21O. The van der Waals surface area contributed by atoms with Crippen molar-refractivity contribution in [1.82, 2.24) is 0 Å². The first kappa shape index (κ1) is 46.9. The van der Waals surface area contributed by atoms with Crippen LogP contribution in [0.4, 0.5) is 0 Å². The number of benzene rings is 9. The highest BCUT2D eigenvalue weighted by atomic mass is 16.3. The summed E-state index contributed by atoms with van der Waals surface area (Å²) in [6.07, 6.45) is 0. The van der Waals surface area contributed by atoms with Crippen LogP contribution in [0.1, 0.15) is 0 Å². The number of para-hydroxylation sites is 2. The summed E-state index contributed by atoms with van der Waals surface area (Å²) in [5, 5.41) is 13.5. The Morgan fingerprint density at radius 3 is 0.912 bits per heavy atom. The maximum Gasteiger partial charge on any atom is 0.143 e. The van der Waals surface area contributed by atoms with Crippen LogP contribution in [0.5, 0.6) is 0 Å². The molecule has 0 aliphatic carbocycles. The Labute approximate surface area is 422 Å². The topological polar surface area (TPSA) is 13.1 Å². The third kappa shape index (κ3) is 6.00. The van der Waals surface area contributed by atoms with Gasteiger partial charge in [0, 0.05) is 16.3 Å². The van der Waals surface area contributed by atoms with E-state index in [1.165, 1.54) is 186 Å². The van der Waals surface area contributed by atoms with Gasteiger partial charge in [0.25, 0.3) is 0 Å². The number of furan rings is 1. The Morgan fingerprint density at radius 1 is 0.221 bits per heavy atom. The van der Waals surface area contributed by atoms with Crippen molar-refractivity contribution in [3.63, 3.8) is 0 Å². The Bertz CT molecular complexity index is 3960. The molecule has 68 heavy (non-hydrogen) atoms. The van der Waals surface area contributed by atoms with Crippen molar-refractivity contribution < 1.29 is 4.42 Å². The van der Waals surface area contributed by atoms with Gasteiger partial charge in [0.1, 0.15) is 176 Å². The molecule has 0 saturated heterocycles. The molecule has 0 amide bonds. The summed E-state index contributed by atoms with van der Waals surface area (Å²) in [6.45, 7) is 0. The molecule has 0 N–H and O–H groups in total. The van der Waals surface area contributed by atoms with E-state index in [1.54, 1.807) is 0 Å². The predicted octanol–water partition coefficient (Wildman–Crippen LogP) is -23.4. The van der Waals surface area contributed by atoms with E-state index in [4.69, 9.17) is 4.42 Å². The van der Waals surface area contributed by atoms with Gasteiger partial charge in [-0.25, -0.2) is 0 Å². The molecule has 9 aromatic carbocycles. The average Bonchev–Trinajstić information content (AvgIpc) is 3.72. The number of hydrogen-bond donors (Lipinski definition) is 0. The second-order valence-electron chi connectivity index (χ2n) is 21.3. The molecule has 0 radical (unpaired) electrons. The Morgan fingerprint density at radius 2 is 0.500 bits per heavy atom. The third-order valence-electron chi connectivity index (χ3n) is 18.9. The largest absolute Gasteiger partial charge is 0.455 e. The Hall–Kier alpha value is -4.82. The molecular weight excluding hydrogens is 796 g/mol. The molecule has 0 saturated carbocycles. The van der Waals surface area contributed by atoms with Crippen LogP contribution in [0, 0.1) is 0 Å². The van der Waals surface area contributed by atoms with Crippen molar-refractivity contribution in [2.45, 2.75) is 0 Å². The monoisotopic (exact) mass is 849 g/mol. The Balaban J connectivity index is 1.55. The fourth-order valence-electron chi connectivity index (χ4n) is 13.2. The maximum absolute atomic E-state index is 6.88. The van der Waals surface area contributed by atoms with Gasteiger partial charge in [0.15, 0.2) is 0 Å². The van der Waals surface area contributed by atoms with Crippen LogP contribution in [0.3, 0.4) is 0 Å². The van der Waals surface area contributed by atoms with E-state index in [-0.39, 0.29) is 0 Å². The van der Waals surface area contributed by atoms with Gasteiger partial charge in [-0.3, -0.25) is 0 Å². The highest BCUT2D eigenvalue weighted by Gasteiger charge is 2.31. The van der Waals surface area contributed by atoms with Crippen molar-refractivity contribution in [2.75, 3.05) is 0 Å². The lowest BCUT2D eigenvalue weighted by atomic mass is 9.55. The minimum absolute atomic E-state index is 0.929. The summed E-state index contributed by atoms with van der Waals surface area (Å²) in [5.41, 5.74) is 38.8. The van der Waals surface area contributed by atoms with Gasteiger partial charge in [-0.2, -0.15) is 0 Å². The van der Waals surface area contributed by atoms with Gasteiger partial charge in [-0.1, -0.05) is 102 Å². The van der Waals surface area contributed by atoms with Gasteiger partial charge in [0.2, 0.25) is 0 Å². The van der Waals surface area contributed by atoms with E-state index in [0.717, 1.165) is 27.5 Å². The number of fused-ring (bicyclic) bond motifs is 7. The molecule has 10 aromatic rings. The highest BCUT2D eigenvalue weighted by molar-refractivity contribution is 6.76. The van der Waals surface area contributed by atoms with E-state index in [2.05, 4.69) is 207 Å². The number of rotatable bonds is 3. The lowest BCUT2D eigenvalue weighted by molar-refractivity contribution is 0.670. The van der Waals surface area contributed by atoms with Crippen molar-refractivity contribution in [2.24, 2.45) is 0 Å². The van der Waals surface area contributed by atoms with Crippen LogP contribution in [0.25, 0.3) is 98.4 Å². The van der Waals surface area contributed by atoms with E-state index in [1.807, 2.05) is 0 Å². The van der Waals surface area contributed by atoms with Crippen LogP contribution in [0.2, 0.25) is 0 Å². The standard InChI is InChI=1S/C46H49B21O/c47-25-12(10-6-3-5-9-8-4-1-2-7-11(8)68-46(9)10)15-22(33(55)43(65)38(60)27(15)49)20(26(25)48)13-16-18(31(53)41(63)39(61)29(16)51)14(19-17(13)30(52)40(62)42(64)32(19)54)21-23-24(35(57)37(59)28(21)50)36(58)45(67)44(66)34(23)56/h1-7H,47-67H2. The van der Waals surface area contributed by atoms with Gasteiger partial charge in [-0.15, -0.1) is 49.2 Å². The Kier molecular flexibility index (Phi) is 11.1. The zero-order valence-corrected chi connectivity index (χ0v) is 44.9. The second kappa shape index (κ2) is 16.1. The van der Waals surface area contributed by atoms with E-state index < -0.39 is 0 Å². The van der Waals surface area contributed by atoms with Crippen molar-refractivity contribution in [3.8, 4) is 33.4 Å². The summed E-state index contributed by atoms with van der Waals surface area (Å²) in [6, 6.07) is 15.3. The SMILES string of the molecule is Bc1c(B)c(B)c2c(-c3c4c(B)c(B)c(B)c(B)c4c(-c4c(B)c(B)c(-c5cccc6c5oc5ccccc56)c5c(B)c(B)c(B)c(B)c45)c4c(B)c(B)c(B)c(B)c34)c(B)c(B)c(B)c2c1B. The molecule has 302 valence electrons. The van der Waals surface area contributed by atoms with E-state index >= 15 is 0 Å². The van der Waals surface area contributed by atoms with Crippen molar-refractivity contribution in [3.05, 3.63) is 42.5 Å². The first-order valence-electron chi connectivity index (χ1n) is 25.0. The fourth-order valence-corrected chi connectivity index (χ4v) is 13.2. The van der Waals surface area contributed by atoms with Crippen LogP contribution in [-0.2, 0) is 0 Å².